The molecule has 0 bridgehead atoms. The summed E-state index contributed by atoms with van der Waals surface area (Å²) < 4.78 is 29.2. The first-order valence-corrected chi connectivity index (χ1v) is 15.0. The number of sulfonamides is 1. The van der Waals surface area contributed by atoms with Crippen molar-refractivity contribution in [2.45, 2.75) is 22.6 Å². The largest absolute Gasteiger partial charge is 0.357 e. The monoisotopic (exact) mass is 567 g/mol. The van der Waals surface area contributed by atoms with Crippen LogP contribution in [0.4, 0.5) is 0 Å². The van der Waals surface area contributed by atoms with E-state index in [4.69, 9.17) is 11.6 Å². The quantitative estimate of drug-likeness (QED) is 0.508. The highest BCUT2D eigenvalue weighted by atomic mass is 35.5. The molecule has 36 heavy (non-hydrogen) atoms. The van der Waals surface area contributed by atoms with Crippen molar-refractivity contribution in [3.63, 3.8) is 0 Å². The van der Waals surface area contributed by atoms with Gasteiger partial charge >= 0.3 is 0 Å². The van der Waals surface area contributed by atoms with E-state index in [1.165, 1.54) is 27.6 Å². The Hall–Kier alpha value is -2.09. The number of hydrogen-bond acceptors (Lipinski definition) is 8. The normalized spacial score (nSPS) is 21.8. The van der Waals surface area contributed by atoms with Gasteiger partial charge in [-0.05, 0) is 43.6 Å². The molecule has 2 unspecified atom stereocenters. The summed E-state index contributed by atoms with van der Waals surface area (Å²) in [5, 5.41) is 4.22. The molecular weight excluding hydrogens is 542 g/mol. The fourth-order valence-corrected chi connectivity index (χ4v) is 8.97. The molecule has 4 heterocycles. The molecule has 192 valence electrons. The highest BCUT2D eigenvalue weighted by Gasteiger charge is 2.41. The third kappa shape index (κ3) is 4.77. The number of thiazole rings is 1. The van der Waals surface area contributed by atoms with Crippen LogP contribution in [0.15, 0.2) is 34.7 Å². The lowest BCUT2D eigenvalue weighted by atomic mass is 10.1. The van der Waals surface area contributed by atoms with Crippen molar-refractivity contribution in [3.05, 3.63) is 45.4 Å². The van der Waals surface area contributed by atoms with Crippen molar-refractivity contribution >= 4 is 66.2 Å². The Morgan fingerprint density at radius 2 is 1.94 bits per heavy atom. The number of nitrogens with one attached hydrogen (secondary N) is 1. The summed E-state index contributed by atoms with van der Waals surface area (Å²) in [6, 6.07) is 5.89. The molecule has 0 radical (unpaired) electrons. The maximum Gasteiger partial charge on any atom is 0.283 e. The number of carbonyl (C=O) groups is 2. The predicted molar refractivity (Wildman–Crippen MR) is 141 cm³/mol. The molecule has 2 aromatic heterocycles. The van der Waals surface area contributed by atoms with Crippen molar-refractivity contribution in [1.29, 1.82) is 0 Å². The van der Waals surface area contributed by atoms with Gasteiger partial charge in [0.2, 0.25) is 5.91 Å². The predicted octanol–water partition coefficient (Wildman–Crippen LogP) is 2.69. The van der Waals surface area contributed by atoms with Crippen LogP contribution in [0.1, 0.15) is 27.0 Å². The molecule has 0 aliphatic carbocycles. The average Bonchev–Trinajstić information content (AvgIpc) is 3.62. The summed E-state index contributed by atoms with van der Waals surface area (Å²) in [6.45, 7) is 1.98. The number of rotatable bonds is 5. The van der Waals surface area contributed by atoms with Crippen molar-refractivity contribution in [2.24, 2.45) is 0 Å². The number of hydrogen-bond donors (Lipinski definition) is 1. The number of likely N-dealkylation sites (N-methyl/N-ethyl adjacent to an activating group) is 2. The minimum atomic E-state index is -3.86. The lowest BCUT2D eigenvalue weighted by Gasteiger charge is -2.39. The van der Waals surface area contributed by atoms with E-state index in [1.54, 1.807) is 30.5 Å². The number of aromatic nitrogens is 1. The van der Waals surface area contributed by atoms with Gasteiger partial charge in [-0.25, -0.2) is 13.4 Å². The minimum absolute atomic E-state index is 0.0855. The van der Waals surface area contributed by atoms with Crippen LogP contribution in [0.5, 0.6) is 0 Å². The Morgan fingerprint density at radius 3 is 2.67 bits per heavy atom. The molecule has 1 N–H and O–H groups in total. The summed E-state index contributed by atoms with van der Waals surface area (Å²) in [5.41, 5.74) is 0. The number of nitrogens with zero attached hydrogens (tertiary/aromatic N) is 4. The molecule has 5 rings (SSSR count). The second-order valence-corrected chi connectivity index (χ2v) is 13.8. The van der Waals surface area contributed by atoms with E-state index in [-0.39, 0.29) is 29.8 Å². The highest BCUT2D eigenvalue weighted by molar-refractivity contribution is 7.91. The van der Waals surface area contributed by atoms with Crippen molar-refractivity contribution in [1.82, 2.24) is 24.4 Å². The van der Waals surface area contributed by atoms with Gasteiger partial charge in [-0.3, -0.25) is 9.59 Å². The topological polar surface area (TPSA) is 103 Å². The van der Waals surface area contributed by atoms with E-state index in [0.717, 1.165) is 45.8 Å². The SMILES string of the molecule is CNC(=O)C1CN(S(=O)(=O)c2cc3ccc(Cl)cc3s2)CCN1C(=O)c1ncc(C2CCN(C)C2)s1. The fourth-order valence-electron chi connectivity index (χ4n) is 4.71. The van der Waals surface area contributed by atoms with Gasteiger partial charge in [-0.15, -0.1) is 22.7 Å². The molecule has 0 spiro atoms. The molecule has 3 aromatic rings. The van der Waals surface area contributed by atoms with Crippen LogP contribution in [-0.4, -0.2) is 92.2 Å². The molecule has 1 aromatic carbocycles. The van der Waals surface area contributed by atoms with Crippen molar-refractivity contribution in [2.75, 3.05) is 46.8 Å². The summed E-state index contributed by atoms with van der Waals surface area (Å²) in [5.74, 6) is -0.415. The van der Waals surface area contributed by atoms with E-state index in [9.17, 15) is 18.0 Å². The van der Waals surface area contributed by atoms with Crippen molar-refractivity contribution < 1.29 is 18.0 Å². The van der Waals surface area contributed by atoms with E-state index < -0.39 is 22.0 Å². The first-order chi connectivity index (χ1) is 17.2. The Bertz CT molecular complexity index is 1420. The van der Waals surface area contributed by atoms with Crippen LogP contribution in [0.25, 0.3) is 10.1 Å². The van der Waals surface area contributed by atoms with E-state index in [0.29, 0.717) is 15.9 Å². The third-order valence-electron chi connectivity index (χ3n) is 6.71. The van der Waals surface area contributed by atoms with Gasteiger partial charge in [0.05, 0.1) is 0 Å². The standard InChI is InChI=1S/C23H26ClN5O4S3/c1-25-21(30)17-13-28(36(32,33)20-9-14-3-4-16(24)10-18(14)34-20)7-8-29(17)23(31)22-26-11-19(35-22)15-5-6-27(2)12-15/h3-4,9-11,15,17H,5-8,12-13H2,1-2H3,(H,25,30). The Morgan fingerprint density at radius 1 is 1.14 bits per heavy atom. The molecule has 2 aliphatic heterocycles. The molecule has 2 amide bonds. The second kappa shape index (κ2) is 9.99. The summed E-state index contributed by atoms with van der Waals surface area (Å²) in [4.78, 5) is 35.3. The molecule has 2 saturated heterocycles. The van der Waals surface area contributed by atoms with Gasteiger partial charge in [-0.2, -0.15) is 4.31 Å². The number of likely N-dealkylation sites (tertiary alicyclic amines) is 1. The van der Waals surface area contributed by atoms with Crippen LogP contribution in [0.3, 0.4) is 0 Å². The summed E-state index contributed by atoms with van der Waals surface area (Å²) >= 11 is 8.56. The summed E-state index contributed by atoms with van der Waals surface area (Å²) in [6.07, 6.45) is 2.78. The Balaban J connectivity index is 1.37. The number of thiophene rings is 1. The lowest BCUT2D eigenvalue weighted by Crippen LogP contribution is -2.61. The molecule has 2 atom stereocenters. The molecule has 2 aliphatic rings. The second-order valence-electron chi connectivity index (χ2n) is 9.05. The highest BCUT2D eigenvalue weighted by Crippen LogP contribution is 2.34. The average molecular weight is 568 g/mol. The Kier molecular flexibility index (Phi) is 7.09. The van der Waals surface area contributed by atoms with Gasteiger partial charge in [0, 0.05) is 59.9 Å². The van der Waals surface area contributed by atoms with Gasteiger partial charge < -0.3 is 15.1 Å². The van der Waals surface area contributed by atoms with Gasteiger partial charge in [0.1, 0.15) is 10.3 Å². The van der Waals surface area contributed by atoms with E-state index in [1.807, 2.05) is 0 Å². The van der Waals surface area contributed by atoms with Gasteiger partial charge in [0.15, 0.2) is 5.01 Å². The van der Waals surface area contributed by atoms with Gasteiger partial charge in [-0.1, -0.05) is 17.7 Å². The number of amides is 2. The van der Waals surface area contributed by atoms with E-state index >= 15 is 0 Å². The van der Waals surface area contributed by atoms with Crippen LogP contribution in [0.2, 0.25) is 5.02 Å². The third-order valence-corrected chi connectivity index (χ3v) is 11.5. The zero-order chi connectivity index (χ0) is 25.6. The zero-order valence-corrected chi connectivity index (χ0v) is 23.0. The smallest absolute Gasteiger partial charge is 0.283 e. The van der Waals surface area contributed by atoms with Crippen LogP contribution in [0, 0.1) is 0 Å². The molecule has 9 nitrogen and oxygen atoms in total. The Labute approximate surface area is 222 Å². The van der Waals surface area contributed by atoms with Crippen LogP contribution < -0.4 is 5.32 Å². The molecular formula is C23H26ClN5O4S3. The number of fused-ring (bicyclic) bond motifs is 1. The number of piperazine rings is 1. The molecule has 13 heteroatoms. The molecule has 0 saturated carbocycles. The van der Waals surface area contributed by atoms with Crippen LogP contribution >= 0.6 is 34.3 Å². The maximum absolute atomic E-state index is 13.5. The number of halogens is 1. The van der Waals surface area contributed by atoms with E-state index in [2.05, 4.69) is 22.2 Å². The first-order valence-electron chi connectivity index (χ1n) is 11.5. The number of carbonyl (C=O) groups excluding carboxylic acids is 2. The first kappa shape index (κ1) is 25.6. The molecule has 2 fully saturated rings. The number of benzene rings is 1. The van der Waals surface area contributed by atoms with Gasteiger partial charge in [0.25, 0.3) is 15.9 Å². The fraction of sp³-hybridized carbons (Fsp3) is 0.435. The van der Waals surface area contributed by atoms with Crippen molar-refractivity contribution in [3.8, 4) is 0 Å². The maximum atomic E-state index is 13.5. The lowest BCUT2D eigenvalue weighted by molar-refractivity contribution is -0.126. The van der Waals surface area contributed by atoms with Crippen LogP contribution in [-0.2, 0) is 14.8 Å². The summed E-state index contributed by atoms with van der Waals surface area (Å²) in [7, 11) is -0.314. The zero-order valence-electron chi connectivity index (χ0n) is 19.8. The minimum Gasteiger partial charge on any atom is -0.357 e.